The van der Waals surface area contributed by atoms with E-state index in [0.717, 1.165) is 6.42 Å². The Morgan fingerprint density at radius 1 is 1.71 bits per heavy atom. The minimum Gasteiger partial charge on any atom is -0.542 e. The van der Waals surface area contributed by atoms with Crippen LogP contribution < -0.4 is 0 Å². The van der Waals surface area contributed by atoms with E-state index in [9.17, 15) is 4.79 Å². The summed E-state index contributed by atoms with van der Waals surface area (Å²) in [7, 11) is 0. The maximum absolute atomic E-state index is 9.61. The molecule has 0 aliphatic carbocycles. The zero-order chi connectivity index (χ0) is 4.99. The molecule has 0 saturated heterocycles. The third kappa shape index (κ3) is 6.77. The van der Waals surface area contributed by atoms with Gasteiger partial charge < -0.3 is 4.79 Å². The van der Waals surface area contributed by atoms with Crippen LogP contribution in [0, 0.1) is 5.92 Å². The Morgan fingerprint density at radius 2 is 2.14 bits per heavy atom. The molecule has 0 spiro atoms. The normalized spacial score (nSPS) is 11.7. The van der Waals surface area contributed by atoms with Crippen molar-refractivity contribution in [3.63, 3.8) is 0 Å². The van der Waals surface area contributed by atoms with Gasteiger partial charge in [0.15, 0.2) is 0 Å². The zero-order valence-corrected chi connectivity index (χ0v) is 7.61. The SMILES string of the molecule is CCC(C)[C-]=O.[Y]. The standard InChI is InChI=1S/C5H9O.Y/c1-3-5(2)4-6;/h5H,3H2,1-2H3;/q-1;. The average molecular weight is 174 g/mol. The van der Waals surface area contributed by atoms with Crippen molar-refractivity contribution in [2.75, 3.05) is 0 Å². The fourth-order valence-electron chi connectivity index (χ4n) is 0.0833. The molecular weight excluding hydrogens is 165 g/mol. The summed E-state index contributed by atoms with van der Waals surface area (Å²) < 4.78 is 0. The predicted octanol–water partition coefficient (Wildman–Crippen LogP) is 1.14. The van der Waals surface area contributed by atoms with Crippen molar-refractivity contribution in [3.8, 4) is 0 Å². The maximum atomic E-state index is 9.61. The molecule has 0 aromatic rings. The van der Waals surface area contributed by atoms with Crippen molar-refractivity contribution in [1.82, 2.24) is 0 Å². The van der Waals surface area contributed by atoms with Gasteiger partial charge in [-0.05, 0) is 0 Å². The number of hydrogen-bond donors (Lipinski definition) is 0. The largest absolute Gasteiger partial charge is 0.542 e. The van der Waals surface area contributed by atoms with Gasteiger partial charge in [0, 0.05) is 32.7 Å². The molecule has 0 N–H and O–H groups in total. The first-order valence-electron chi connectivity index (χ1n) is 2.19. The van der Waals surface area contributed by atoms with E-state index in [4.69, 9.17) is 0 Å². The summed E-state index contributed by atoms with van der Waals surface area (Å²) in [6, 6.07) is 0. The van der Waals surface area contributed by atoms with Gasteiger partial charge in [0.2, 0.25) is 0 Å². The van der Waals surface area contributed by atoms with Crippen LogP contribution in [-0.2, 0) is 37.5 Å². The van der Waals surface area contributed by atoms with E-state index in [-0.39, 0.29) is 38.6 Å². The van der Waals surface area contributed by atoms with Gasteiger partial charge >= 0.3 is 0 Å². The Labute approximate surface area is 69.7 Å². The minimum atomic E-state index is 0. The number of rotatable bonds is 2. The smallest absolute Gasteiger partial charge is 0 e. The van der Waals surface area contributed by atoms with Gasteiger partial charge in [-0.1, -0.05) is 20.3 Å². The average Bonchev–Trinajstić information content (AvgIpc) is 1.65. The van der Waals surface area contributed by atoms with Crippen LogP contribution in [-0.4, -0.2) is 6.29 Å². The van der Waals surface area contributed by atoms with E-state index >= 15 is 0 Å². The topological polar surface area (TPSA) is 17.1 Å². The van der Waals surface area contributed by atoms with Crippen LogP contribution in [0.3, 0.4) is 0 Å². The molecule has 0 heterocycles. The molecule has 0 amide bonds. The molecule has 0 rings (SSSR count). The minimum absolute atomic E-state index is 0. The second kappa shape index (κ2) is 6.77. The van der Waals surface area contributed by atoms with Gasteiger partial charge in [0.25, 0.3) is 0 Å². The molecule has 1 radical (unpaired) electrons. The predicted molar refractivity (Wildman–Crippen MR) is 25.1 cm³/mol. The Balaban J connectivity index is 0. The van der Waals surface area contributed by atoms with Crippen molar-refractivity contribution >= 4 is 6.29 Å². The van der Waals surface area contributed by atoms with Gasteiger partial charge in [-0.2, -0.15) is 0 Å². The van der Waals surface area contributed by atoms with Crippen molar-refractivity contribution in [3.05, 3.63) is 0 Å². The molecule has 1 unspecified atom stereocenters. The molecule has 1 nitrogen and oxygen atoms in total. The van der Waals surface area contributed by atoms with Crippen molar-refractivity contribution in [2.24, 2.45) is 5.92 Å². The van der Waals surface area contributed by atoms with Gasteiger partial charge in [-0.3, -0.25) is 6.29 Å². The Hall–Kier alpha value is 0.774. The van der Waals surface area contributed by atoms with Crippen molar-refractivity contribution in [1.29, 1.82) is 0 Å². The van der Waals surface area contributed by atoms with Crippen LogP contribution in [0.1, 0.15) is 20.3 Å². The summed E-state index contributed by atoms with van der Waals surface area (Å²) in [5.41, 5.74) is 0. The Bertz CT molecular complexity index is 45.3. The van der Waals surface area contributed by atoms with E-state index in [2.05, 4.69) is 0 Å². The van der Waals surface area contributed by atoms with Crippen LogP contribution in [0.5, 0.6) is 0 Å². The summed E-state index contributed by atoms with van der Waals surface area (Å²) in [5.74, 6) is 0.130. The fourth-order valence-corrected chi connectivity index (χ4v) is 0.0833. The zero-order valence-electron chi connectivity index (χ0n) is 4.77. The Morgan fingerprint density at radius 3 is 2.14 bits per heavy atom. The van der Waals surface area contributed by atoms with Gasteiger partial charge in [-0.25, -0.2) is 0 Å². The maximum Gasteiger partial charge on any atom is 0 e. The van der Waals surface area contributed by atoms with E-state index in [1.807, 2.05) is 20.1 Å². The van der Waals surface area contributed by atoms with E-state index in [1.165, 1.54) is 0 Å². The number of hydrogen-bond acceptors (Lipinski definition) is 1. The summed E-state index contributed by atoms with van der Waals surface area (Å²) >= 11 is 0. The summed E-state index contributed by atoms with van der Waals surface area (Å²) in [6.45, 7) is 3.82. The quantitative estimate of drug-likeness (QED) is 0.573. The third-order valence-corrected chi connectivity index (χ3v) is 0.814. The molecule has 0 bridgehead atoms. The molecule has 7 heavy (non-hydrogen) atoms. The van der Waals surface area contributed by atoms with E-state index in [1.54, 1.807) is 0 Å². The van der Waals surface area contributed by atoms with Gasteiger partial charge in [0.1, 0.15) is 0 Å². The van der Waals surface area contributed by atoms with Crippen LogP contribution in [0.2, 0.25) is 0 Å². The first-order chi connectivity index (χ1) is 2.81. The van der Waals surface area contributed by atoms with Gasteiger partial charge in [0.05, 0.1) is 0 Å². The molecule has 0 aliphatic heterocycles. The molecule has 2 heteroatoms. The van der Waals surface area contributed by atoms with Crippen LogP contribution in [0.15, 0.2) is 0 Å². The van der Waals surface area contributed by atoms with Crippen LogP contribution >= 0.6 is 0 Å². The third-order valence-electron chi connectivity index (χ3n) is 0.814. The second-order valence-electron chi connectivity index (χ2n) is 1.43. The van der Waals surface area contributed by atoms with Crippen LogP contribution in [0.4, 0.5) is 0 Å². The molecule has 0 fully saturated rings. The first kappa shape index (κ1) is 10.7. The summed E-state index contributed by atoms with van der Waals surface area (Å²) in [4.78, 5) is 9.61. The van der Waals surface area contributed by atoms with Crippen LogP contribution in [0.25, 0.3) is 0 Å². The molecule has 39 valence electrons. The molecule has 0 saturated carbocycles. The monoisotopic (exact) mass is 174 g/mol. The van der Waals surface area contributed by atoms with Gasteiger partial charge in [-0.15, -0.1) is 5.92 Å². The second-order valence-corrected chi connectivity index (χ2v) is 1.43. The molecule has 0 aliphatic rings. The summed E-state index contributed by atoms with van der Waals surface area (Å²) in [5, 5.41) is 0. The van der Waals surface area contributed by atoms with E-state index in [0.29, 0.717) is 0 Å². The molecule has 0 aromatic heterocycles. The molecular formula is C5H9OY-. The molecule has 1 atom stereocenters. The first-order valence-corrected chi connectivity index (χ1v) is 2.19. The summed E-state index contributed by atoms with van der Waals surface area (Å²) in [6.07, 6.45) is 2.77. The van der Waals surface area contributed by atoms with E-state index < -0.39 is 0 Å². The van der Waals surface area contributed by atoms with Crippen molar-refractivity contribution in [2.45, 2.75) is 20.3 Å². The fraction of sp³-hybridized carbons (Fsp3) is 0.800. The molecule has 0 aromatic carbocycles. The number of carbonyl (C=O) groups excluding carboxylic acids is 1. The van der Waals surface area contributed by atoms with Crippen molar-refractivity contribution < 1.29 is 37.5 Å². The Kier molecular flexibility index (Phi) is 10.4.